The Bertz CT molecular complexity index is 685. The summed E-state index contributed by atoms with van der Waals surface area (Å²) in [4.78, 5) is 23.2. The van der Waals surface area contributed by atoms with Crippen molar-refractivity contribution in [3.05, 3.63) is 30.5 Å². The van der Waals surface area contributed by atoms with Crippen LogP contribution >= 0.6 is 0 Å². The van der Waals surface area contributed by atoms with E-state index in [0.717, 1.165) is 5.39 Å². The third-order valence-corrected chi connectivity index (χ3v) is 2.67. The lowest BCUT2D eigenvalue weighted by Crippen LogP contribution is -2.34. The predicted octanol–water partition coefficient (Wildman–Crippen LogP) is 2.42. The molecule has 0 spiro atoms. The van der Waals surface area contributed by atoms with Crippen LogP contribution in [-0.2, 0) is 4.74 Å². The van der Waals surface area contributed by atoms with Gasteiger partial charge in [0.05, 0.1) is 5.52 Å². The zero-order valence-corrected chi connectivity index (χ0v) is 12.1. The summed E-state index contributed by atoms with van der Waals surface area (Å²) in [5, 5.41) is 3.36. The second-order valence-electron chi connectivity index (χ2n) is 5.54. The first kappa shape index (κ1) is 14.9. The number of urea groups is 1. The van der Waals surface area contributed by atoms with Crippen LogP contribution < -0.4 is 16.6 Å². The average Bonchev–Trinajstić information content (AvgIpc) is 2.79. The van der Waals surface area contributed by atoms with Crippen molar-refractivity contribution >= 4 is 28.7 Å². The molecule has 1 aromatic heterocycles. The summed E-state index contributed by atoms with van der Waals surface area (Å²) in [5.41, 5.74) is 2.69. The molecule has 4 N–H and O–H groups in total. The highest BCUT2D eigenvalue weighted by Crippen LogP contribution is 2.21. The highest BCUT2D eigenvalue weighted by Gasteiger charge is 2.19. The number of nitrogens with zero attached hydrogens (tertiary/aromatic N) is 1. The van der Waals surface area contributed by atoms with Gasteiger partial charge in [0.2, 0.25) is 0 Å². The van der Waals surface area contributed by atoms with Crippen molar-refractivity contribution in [3.63, 3.8) is 0 Å². The number of hydrazine groups is 1. The Morgan fingerprint density at radius 3 is 2.57 bits per heavy atom. The maximum Gasteiger partial charge on any atom is 0.418 e. The van der Waals surface area contributed by atoms with Gasteiger partial charge in [0, 0.05) is 17.3 Å². The molecule has 0 bridgehead atoms. The summed E-state index contributed by atoms with van der Waals surface area (Å²) >= 11 is 0. The Kier molecular flexibility index (Phi) is 3.86. The molecular weight excluding hydrogens is 272 g/mol. The molecule has 0 unspecified atom stereocenters. The van der Waals surface area contributed by atoms with Gasteiger partial charge in [-0.15, -0.1) is 0 Å². The van der Waals surface area contributed by atoms with Gasteiger partial charge in [-0.05, 0) is 45.0 Å². The number of amides is 2. The molecule has 0 fully saturated rings. The van der Waals surface area contributed by atoms with Crippen molar-refractivity contribution < 1.29 is 14.3 Å². The topological polar surface area (TPSA) is 98.4 Å². The highest BCUT2D eigenvalue weighted by molar-refractivity contribution is 5.95. The smallest absolute Gasteiger partial charge is 0.418 e. The molecular formula is C14H18N4O3. The van der Waals surface area contributed by atoms with Crippen molar-refractivity contribution in [1.29, 1.82) is 0 Å². The molecule has 1 aromatic carbocycles. The summed E-state index contributed by atoms with van der Waals surface area (Å²) < 4.78 is 6.75. The second kappa shape index (κ2) is 5.45. The number of fused-ring (bicyclic) bond motifs is 1. The molecule has 0 radical (unpaired) electrons. The van der Waals surface area contributed by atoms with E-state index in [4.69, 9.17) is 10.6 Å². The van der Waals surface area contributed by atoms with Crippen LogP contribution in [0, 0.1) is 0 Å². The summed E-state index contributed by atoms with van der Waals surface area (Å²) in [6.07, 6.45) is 1.18. The molecule has 7 heteroatoms. The number of anilines is 1. The lowest BCUT2D eigenvalue weighted by molar-refractivity contribution is 0.0544. The van der Waals surface area contributed by atoms with Crippen molar-refractivity contribution in [2.45, 2.75) is 26.4 Å². The lowest BCUT2D eigenvalue weighted by Gasteiger charge is -2.19. The van der Waals surface area contributed by atoms with Crippen LogP contribution in [-0.4, -0.2) is 22.3 Å². The first-order chi connectivity index (χ1) is 9.80. The van der Waals surface area contributed by atoms with Crippen molar-refractivity contribution in [1.82, 2.24) is 9.99 Å². The largest absolute Gasteiger partial charge is 0.443 e. The van der Waals surface area contributed by atoms with Crippen LogP contribution in [0.25, 0.3) is 10.9 Å². The van der Waals surface area contributed by atoms with Gasteiger partial charge in [-0.1, -0.05) is 0 Å². The molecule has 2 aromatic rings. The highest BCUT2D eigenvalue weighted by atomic mass is 16.6. The summed E-state index contributed by atoms with van der Waals surface area (Å²) in [7, 11) is 0. The number of hydrogen-bond acceptors (Lipinski definition) is 4. The fourth-order valence-corrected chi connectivity index (χ4v) is 1.86. The number of rotatable bonds is 1. The molecule has 0 saturated carbocycles. The SMILES string of the molecule is CC(C)(C)OC(=O)n1ccc2cc(NC(=O)NN)ccc21. The van der Waals surface area contributed by atoms with Gasteiger partial charge in [-0.25, -0.2) is 15.4 Å². The fourth-order valence-electron chi connectivity index (χ4n) is 1.86. The molecule has 0 aliphatic heterocycles. The first-order valence-electron chi connectivity index (χ1n) is 6.42. The molecule has 0 atom stereocenters. The number of aromatic nitrogens is 1. The molecule has 0 aliphatic carbocycles. The van der Waals surface area contributed by atoms with Crippen LogP contribution in [0.15, 0.2) is 30.5 Å². The van der Waals surface area contributed by atoms with E-state index in [9.17, 15) is 9.59 Å². The van der Waals surface area contributed by atoms with Gasteiger partial charge in [0.25, 0.3) is 0 Å². The zero-order valence-electron chi connectivity index (χ0n) is 12.1. The molecule has 0 aliphatic rings. The van der Waals surface area contributed by atoms with Gasteiger partial charge >= 0.3 is 12.1 Å². The van der Waals surface area contributed by atoms with Crippen LogP contribution in [0.2, 0.25) is 0 Å². The summed E-state index contributed by atoms with van der Waals surface area (Å²) in [6, 6.07) is 6.40. The van der Waals surface area contributed by atoms with Gasteiger partial charge in [-0.2, -0.15) is 0 Å². The maximum absolute atomic E-state index is 12.1. The van der Waals surface area contributed by atoms with Crippen molar-refractivity contribution in [2.24, 2.45) is 5.84 Å². The standard InChI is InChI=1S/C14H18N4O3/c1-14(2,3)21-13(20)18-7-6-9-8-10(4-5-11(9)18)16-12(19)17-15/h4-8H,15H2,1-3H3,(H2,16,17,19). The van der Waals surface area contributed by atoms with E-state index in [-0.39, 0.29) is 0 Å². The minimum atomic E-state index is -0.561. The average molecular weight is 290 g/mol. The Balaban J connectivity index is 2.29. The fraction of sp³-hybridized carbons (Fsp3) is 0.286. The van der Waals surface area contributed by atoms with E-state index in [1.54, 1.807) is 30.5 Å². The Labute approximate surface area is 122 Å². The van der Waals surface area contributed by atoms with E-state index >= 15 is 0 Å². The number of ether oxygens (including phenoxy) is 1. The molecule has 21 heavy (non-hydrogen) atoms. The van der Waals surface area contributed by atoms with Crippen molar-refractivity contribution in [3.8, 4) is 0 Å². The molecule has 2 amide bonds. The monoisotopic (exact) mass is 290 g/mol. The van der Waals surface area contributed by atoms with Gasteiger partial charge < -0.3 is 10.1 Å². The minimum Gasteiger partial charge on any atom is -0.443 e. The van der Waals surface area contributed by atoms with Gasteiger partial charge in [0.15, 0.2) is 0 Å². The molecule has 7 nitrogen and oxygen atoms in total. The third kappa shape index (κ3) is 3.51. The van der Waals surface area contributed by atoms with E-state index in [2.05, 4.69) is 5.32 Å². The number of benzene rings is 1. The summed E-state index contributed by atoms with van der Waals surface area (Å²) in [6.45, 7) is 5.43. The Morgan fingerprint density at radius 2 is 1.95 bits per heavy atom. The van der Waals surface area contributed by atoms with Gasteiger partial charge in [-0.3, -0.25) is 9.99 Å². The Morgan fingerprint density at radius 1 is 1.24 bits per heavy atom. The normalized spacial score (nSPS) is 11.2. The molecule has 112 valence electrons. The van der Waals surface area contributed by atoms with E-state index < -0.39 is 17.7 Å². The predicted molar refractivity (Wildman–Crippen MR) is 79.9 cm³/mol. The van der Waals surface area contributed by atoms with Crippen LogP contribution in [0.1, 0.15) is 20.8 Å². The van der Waals surface area contributed by atoms with Crippen LogP contribution in [0.3, 0.4) is 0 Å². The lowest BCUT2D eigenvalue weighted by atomic mass is 10.2. The molecule has 2 rings (SSSR count). The molecule has 1 heterocycles. The second-order valence-corrected chi connectivity index (χ2v) is 5.54. The third-order valence-electron chi connectivity index (χ3n) is 2.67. The van der Waals surface area contributed by atoms with E-state index in [1.165, 1.54) is 4.57 Å². The van der Waals surface area contributed by atoms with Crippen molar-refractivity contribution in [2.75, 3.05) is 5.32 Å². The zero-order chi connectivity index (χ0) is 15.6. The number of nitrogens with one attached hydrogen (secondary N) is 2. The number of carbonyl (C=O) groups excluding carboxylic acids is 2. The first-order valence-corrected chi connectivity index (χ1v) is 6.42. The van der Waals surface area contributed by atoms with Crippen LogP contribution in [0.5, 0.6) is 0 Å². The van der Waals surface area contributed by atoms with Gasteiger partial charge in [0.1, 0.15) is 5.60 Å². The van der Waals surface area contributed by atoms with Crippen LogP contribution in [0.4, 0.5) is 15.3 Å². The number of hydrogen-bond donors (Lipinski definition) is 3. The number of carbonyl (C=O) groups is 2. The minimum absolute atomic E-state index is 0.446. The number of nitrogens with two attached hydrogens (primary N) is 1. The Hall–Kier alpha value is -2.54. The summed E-state index contributed by atoms with van der Waals surface area (Å²) in [5.74, 6) is 5.01. The quantitative estimate of drug-likeness (QED) is 0.426. The maximum atomic E-state index is 12.1. The van der Waals surface area contributed by atoms with E-state index in [1.807, 2.05) is 26.2 Å². The molecule has 0 saturated heterocycles. The van der Waals surface area contributed by atoms with E-state index in [0.29, 0.717) is 11.2 Å².